The number of ether oxygens (including phenoxy) is 1. The predicted molar refractivity (Wildman–Crippen MR) is 126 cm³/mol. The van der Waals surface area contributed by atoms with Gasteiger partial charge in [-0.3, -0.25) is 9.78 Å². The Kier molecular flexibility index (Phi) is 5.63. The van der Waals surface area contributed by atoms with Gasteiger partial charge in [-0.25, -0.2) is 4.98 Å². The lowest BCUT2D eigenvalue weighted by atomic mass is 10.1. The first-order valence-electron chi connectivity index (χ1n) is 10.7. The molecule has 5 rings (SSSR count). The van der Waals surface area contributed by atoms with Gasteiger partial charge in [-0.05, 0) is 37.6 Å². The molecule has 32 heavy (non-hydrogen) atoms. The largest absolute Gasteiger partial charge is 0.368 e. The van der Waals surface area contributed by atoms with Gasteiger partial charge in [-0.2, -0.15) is 0 Å². The van der Waals surface area contributed by atoms with Crippen molar-refractivity contribution in [1.82, 2.24) is 19.9 Å². The fourth-order valence-corrected chi connectivity index (χ4v) is 4.78. The van der Waals surface area contributed by atoms with Crippen LogP contribution in [0.15, 0.2) is 48.0 Å². The number of pyridine rings is 1. The van der Waals surface area contributed by atoms with Gasteiger partial charge in [0.15, 0.2) is 5.13 Å². The van der Waals surface area contributed by atoms with Gasteiger partial charge in [0.25, 0.3) is 0 Å². The van der Waals surface area contributed by atoms with E-state index in [1.165, 1.54) is 0 Å². The van der Waals surface area contributed by atoms with Crippen LogP contribution < -0.4 is 5.32 Å². The van der Waals surface area contributed by atoms with Crippen LogP contribution in [0.2, 0.25) is 0 Å². The molecule has 1 amide bonds. The smallest absolute Gasteiger partial charge is 0.227 e. The molecule has 1 saturated heterocycles. The zero-order chi connectivity index (χ0) is 22.1. The molecule has 0 saturated carbocycles. The van der Waals surface area contributed by atoms with E-state index in [0.29, 0.717) is 26.1 Å². The van der Waals surface area contributed by atoms with Crippen molar-refractivity contribution in [2.45, 2.75) is 26.4 Å². The fraction of sp³-hybridized carbons (Fsp3) is 0.292. The molecular formula is C24H25N5O2S. The van der Waals surface area contributed by atoms with Gasteiger partial charge in [0, 0.05) is 40.4 Å². The Bertz CT molecular complexity index is 1260. The predicted octanol–water partition coefficient (Wildman–Crippen LogP) is 4.52. The van der Waals surface area contributed by atoms with Gasteiger partial charge in [-0.15, -0.1) is 11.3 Å². The monoisotopic (exact) mass is 447 g/mol. The SMILES string of the molecule is Cc1cc(Nc2nc(C)cs2)cc([C@H]2CN(C(=O)Cc3c[nH]c4ccccc34)CCO2)n1. The minimum Gasteiger partial charge on any atom is -0.368 e. The summed E-state index contributed by atoms with van der Waals surface area (Å²) in [5.74, 6) is 0.104. The van der Waals surface area contributed by atoms with Gasteiger partial charge in [0.2, 0.25) is 5.91 Å². The summed E-state index contributed by atoms with van der Waals surface area (Å²) in [6, 6.07) is 12.0. The lowest BCUT2D eigenvalue weighted by Gasteiger charge is -2.33. The van der Waals surface area contributed by atoms with E-state index in [4.69, 9.17) is 4.74 Å². The molecule has 1 atom stereocenters. The molecular weight excluding hydrogens is 422 g/mol. The van der Waals surface area contributed by atoms with Crippen LogP contribution in [0.25, 0.3) is 10.9 Å². The summed E-state index contributed by atoms with van der Waals surface area (Å²) < 4.78 is 6.01. The number of H-pyrrole nitrogens is 1. The van der Waals surface area contributed by atoms with Crippen LogP contribution in [0.4, 0.5) is 10.8 Å². The third-order valence-corrected chi connectivity index (χ3v) is 6.48. The third-order valence-electron chi connectivity index (χ3n) is 5.61. The highest BCUT2D eigenvalue weighted by atomic mass is 32.1. The minimum atomic E-state index is -0.255. The van der Waals surface area contributed by atoms with Crippen LogP contribution in [0, 0.1) is 13.8 Å². The van der Waals surface area contributed by atoms with E-state index in [1.807, 2.05) is 66.7 Å². The number of rotatable bonds is 5. The molecule has 0 unspecified atom stereocenters. The molecule has 164 valence electrons. The summed E-state index contributed by atoms with van der Waals surface area (Å²) in [4.78, 5) is 27.4. The number of benzene rings is 1. The number of para-hydroxylation sites is 1. The Balaban J connectivity index is 1.30. The van der Waals surface area contributed by atoms with Crippen molar-refractivity contribution in [2.75, 3.05) is 25.0 Å². The second-order valence-electron chi connectivity index (χ2n) is 8.08. The highest BCUT2D eigenvalue weighted by Crippen LogP contribution is 2.27. The molecule has 7 nitrogen and oxygen atoms in total. The van der Waals surface area contributed by atoms with Crippen LogP contribution in [0.3, 0.4) is 0 Å². The summed E-state index contributed by atoms with van der Waals surface area (Å²) in [6.07, 6.45) is 2.05. The molecule has 4 aromatic rings. The van der Waals surface area contributed by atoms with Gasteiger partial charge >= 0.3 is 0 Å². The molecule has 0 spiro atoms. The fourth-order valence-electron chi connectivity index (χ4n) is 4.07. The Morgan fingerprint density at radius 3 is 2.97 bits per heavy atom. The Labute approximate surface area is 190 Å². The quantitative estimate of drug-likeness (QED) is 0.470. The molecule has 4 heterocycles. The number of carbonyl (C=O) groups is 1. The normalized spacial score (nSPS) is 16.4. The van der Waals surface area contributed by atoms with Gasteiger partial charge in [0.05, 0.1) is 31.0 Å². The number of aromatic amines is 1. The molecule has 0 bridgehead atoms. The molecule has 1 aromatic carbocycles. The Morgan fingerprint density at radius 2 is 2.12 bits per heavy atom. The molecule has 1 aliphatic heterocycles. The van der Waals surface area contributed by atoms with Crippen molar-refractivity contribution in [3.63, 3.8) is 0 Å². The maximum atomic E-state index is 13.1. The maximum Gasteiger partial charge on any atom is 0.227 e. The molecule has 8 heteroatoms. The van der Waals surface area contributed by atoms with Gasteiger partial charge in [0.1, 0.15) is 6.10 Å². The Hall–Kier alpha value is -3.23. The second-order valence-corrected chi connectivity index (χ2v) is 8.93. The van der Waals surface area contributed by atoms with Crippen molar-refractivity contribution >= 4 is 39.0 Å². The number of hydrogen-bond acceptors (Lipinski definition) is 6. The maximum absolute atomic E-state index is 13.1. The number of nitrogens with one attached hydrogen (secondary N) is 2. The standard InChI is InChI=1S/C24H25N5O2S/c1-15-9-18(28-24-27-16(2)14-32-24)11-21(26-15)22-13-29(7-8-31-22)23(30)10-17-12-25-20-6-4-3-5-19(17)20/h3-6,9,11-12,14,22,25H,7-8,10,13H2,1-2H3,(H,26,27,28)/t22-/m1/s1. The highest BCUT2D eigenvalue weighted by molar-refractivity contribution is 7.13. The highest BCUT2D eigenvalue weighted by Gasteiger charge is 2.27. The van der Waals surface area contributed by atoms with Crippen LogP contribution in [0.1, 0.15) is 28.7 Å². The van der Waals surface area contributed by atoms with Crippen LogP contribution >= 0.6 is 11.3 Å². The van der Waals surface area contributed by atoms with E-state index < -0.39 is 0 Å². The number of carbonyl (C=O) groups excluding carboxylic acids is 1. The van der Waals surface area contributed by atoms with Crippen LogP contribution in [-0.2, 0) is 16.0 Å². The van der Waals surface area contributed by atoms with Crippen LogP contribution in [0.5, 0.6) is 0 Å². The van der Waals surface area contributed by atoms with Crippen molar-refractivity contribution < 1.29 is 9.53 Å². The average molecular weight is 448 g/mol. The summed E-state index contributed by atoms with van der Waals surface area (Å²) >= 11 is 1.57. The van der Waals surface area contributed by atoms with Crippen LogP contribution in [-0.4, -0.2) is 45.5 Å². The van der Waals surface area contributed by atoms with Crippen molar-refractivity contribution in [2.24, 2.45) is 0 Å². The first-order chi connectivity index (χ1) is 15.5. The number of amides is 1. The average Bonchev–Trinajstić information content (AvgIpc) is 3.39. The second kappa shape index (κ2) is 8.72. The minimum absolute atomic E-state index is 0.104. The van der Waals surface area contributed by atoms with E-state index in [2.05, 4.69) is 20.3 Å². The first-order valence-corrected chi connectivity index (χ1v) is 11.6. The summed E-state index contributed by atoms with van der Waals surface area (Å²) in [6.45, 7) is 5.52. The topological polar surface area (TPSA) is 83.1 Å². The van der Waals surface area contributed by atoms with Crippen molar-refractivity contribution in [3.8, 4) is 0 Å². The molecule has 2 N–H and O–H groups in total. The van der Waals surface area contributed by atoms with E-state index in [9.17, 15) is 4.79 Å². The van der Waals surface area contributed by atoms with Crippen molar-refractivity contribution in [1.29, 1.82) is 0 Å². The van der Waals surface area contributed by atoms with E-state index in [-0.39, 0.29) is 12.0 Å². The number of anilines is 2. The lowest BCUT2D eigenvalue weighted by Crippen LogP contribution is -2.43. The van der Waals surface area contributed by atoms with Gasteiger partial charge < -0.3 is 19.9 Å². The number of nitrogens with zero attached hydrogens (tertiary/aromatic N) is 3. The van der Waals surface area contributed by atoms with Gasteiger partial charge in [-0.1, -0.05) is 18.2 Å². The van der Waals surface area contributed by atoms with E-state index in [1.54, 1.807) is 11.3 Å². The van der Waals surface area contributed by atoms with E-state index >= 15 is 0 Å². The number of aryl methyl sites for hydroxylation is 2. The number of fused-ring (bicyclic) bond motifs is 1. The molecule has 3 aromatic heterocycles. The lowest BCUT2D eigenvalue weighted by molar-refractivity contribution is -0.138. The Morgan fingerprint density at radius 1 is 1.25 bits per heavy atom. The van der Waals surface area contributed by atoms with E-state index in [0.717, 1.165) is 44.4 Å². The summed E-state index contributed by atoms with van der Waals surface area (Å²) in [5, 5.41) is 7.31. The summed E-state index contributed by atoms with van der Waals surface area (Å²) in [7, 11) is 0. The number of aromatic nitrogens is 3. The van der Waals surface area contributed by atoms with Crippen molar-refractivity contribution in [3.05, 3.63) is 70.6 Å². The third kappa shape index (κ3) is 4.37. The summed E-state index contributed by atoms with van der Waals surface area (Å²) in [5.41, 5.74) is 5.70. The number of morpholine rings is 1. The molecule has 0 aliphatic carbocycles. The first kappa shape index (κ1) is 20.7. The molecule has 0 radical (unpaired) electrons. The number of hydrogen-bond donors (Lipinski definition) is 2. The number of thiazole rings is 1. The zero-order valence-electron chi connectivity index (χ0n) is 18.1. The zero-order valence-corrected chi connectivity index (χ0v) is 18.9. The molecule has 1 aliphatic rings. The molecule has 1 fully saturated rings.